The molecule has 0 aromatic heterocycles. The molecule has 13 heteroatoms. The maximum Gasteiger partial charge on any atom is 0.0844 e. The maximum absolute atomic E-state index is 11.8. The second kappa shape index (κ2) is 13.6. The van der Waals surface area contributed by atoms with Crippen molar-refractivity contribution in [3.8, 4) is 0 Å². The van der Waals surface area contributed by atoms with Crippen LogP contribution in [-0.2, 0) is 35.0 Å². The fraction of sp³-hybridized carbons (Fsp3) is 1.00. The molecule has 5 heterocycles. The zero-order valence-corrected chi connectivity index (χ0v) is 30.5. The molecular weight excluding hydrogens is 642 g/mol. The fourth-order valence-electron chi connectivity index (χ4n) is 12.2. The van der Waals surface area contributed by atoms with Gasteiger partial charge in [0.1, 0.15) is 0 Å². The number of rotatable bonds is 2. The number of hydrogen-bond donors (Lipinski definition) is 8. The van der Waals surface area contributed by atoms with Crippen LogP contribution in [0.3, 0.4) is 0 Å². The van der Waals surface area contributed by atoms with Crippen LogP contribution in [0.2, 0.25) is 0 Å². The van der Waals surface area contributed by atoms with Gasteiger partial charge in [-0.05, 0) is 92.8 Å². The van der Waals surface area contributed by atoms with Crippen LogP contribution in [0, 0.1) is 47.3 Å². The Morgan fingerprint density at radius 1 is 0.422 bits per heavy atom. The van der Waals surface area contributed by atoms with E-state index in [-0.39, 0.29) is 62.3 Å². The molecule has 0 spiro atoms. The molecule has 5 saturated heterocycles. The Labute approximate surface area is 284 Å². The molecule has 0 aromatic carbocycles. The standard InChI is InChI=1S/C32H56N8O3S.Zn/c41-44(42)43-23-15-7-14-22-24(23)32-39-30-21-13-6-5-12-20(21)28(37-30)35-26-17-9-2-1-8-16(17)25(33-26)34-27-18-10-3-4-11-19(18)29(36-27)38-31(22)40-32;/h16-40H,1-15H2,(H,41,42);/p-1. The van der Waals surface area contributed by atoms with Gasteiger partial charge in [0.05, 0.1) is 66.8 Å². The molecule has 9 rings (SSSR count). The molecular formula is C32H55N8O3SZn-. The minimum Gasteiger partial charge on any atom is -0.750 e. The van der Waals surface area contributed by atoms with Crippen molar-refractivity contribution in [1.82, 2.24) is 42.5 Å². The van der Waals surface area contributed by atoms with Crippen molar-refractivity contribution >= 4 is 11.4 Å². The summed E-state index contributed by atoms with van der Waals surface area (Å²) in [5.74, 6) is 4.16. The second-order valence-electron chi connectivity index (χ2n) is 16.0. The molecule has 8 bridgehead atoms. The largest absolute Gasteiger partial charge is 0.750 e. The van der Waals surface area contributed by atoms with E-state index >= 15 is 0 Å². The molecule has 8 N–H and O–H groups in total. The van der Waals surface area contributed by atoms with Gasteiger partial charge in [-0.1, -0.05) is 44.9 Å². The first-order valence-electron chi connectivity index (χ1n) is 18.5. The average molecular weight is 697 g/mol. The summed E-state index contributed by atoms with van der Waals surface area (Å²) < 4.78 is 29.3. The van der Waals surface area contributed by atoms with Gasteiger partial charge in [0.25, 0.3) is 0 Å². The van der Waals surface area contributed by atoms with Crippen LogP contribution in [-0.4, -0.2) is 64.2 Å². The molecule has 18 atom stereocenters. The molecule has 11 nitrogen and oxygen atoms in total. The van der Waals surface area contributed by atoms with Gasteiger partial charge in [0.15, 0.2) is 0 Å². The van der Waals surface area contributed by atoms with Crippen molar-refractivity contribution in [2.45, 2.75) is 152 Å². The molecule has 250 valence electrons. The molecule has 45 heavy (non-hydrogen) atoms. The smallest absolute Gasteiger partial charge is 0.0844 e. The fourth-order valence-corrected chi connectivity index (χ4v) is 12.6. The van der Waals surface area contributed by atoms with E-state index in [1.165, 1.54) is 77.0 Å². The van der Waals surface area contributed by atoms with E-state index in [0.717, 1.165) is 19.3 Å². The predicted molar refractivity (Wildman–Crippen MR) is 166 cm³/mol. The van der Waals surface area contributed by atoms with Crippen LogP contribution in [0.25, 0.3) is 0 Å². The summed E-state index contributed by atoms with van der Waals surface area (Å²) >= 11 is -2.51. The van der Waals surface area contributed by atoms with Gasteiger partial charge in [-0.25, -0.2) is 4.21 Å². The first-order valence-corrected chi connectivity index (χ1v) is 19.5. The van der Waals surface area contributed by atoms with E-state index in [1.54, 1.807) is 0 Å². The average Bonchev–Trinajstić information content (AvgIpc) is 3.77. The van der Waals surface area contributed by atoms with Crippen molar-refractivity contribution in [2.24, 2.45) is 47.3 Å². The van der Waals surface area contributed by atoms with Gasteiger partial charge in [-0.3, -0.25) is 46.7 Å². The Morgan fingerprint density at radius 3 is 1.04 bits per heavy atom. The van der Waals surface area contributed by atoms with Crippen molar-refractivity contribution in [2.75, 3.05) is 0 Å². The zero-order chi connectivity index (χ0) is 29.4. The number of nitrogens with one attached hydrogen (secondary N) is 8. The van der Waals surface area contributed by atoms with Crippen LogP contribution in [0.4, 0.5) is 0 Å². The first-order chi connectivity index (χ1) is 21.6. The van der Waals surface area contributed by atoms with E-state index in [1.807, 2.05) is 0 Å². The second-order valence-corrected chi connectivity index (χ2v) is 16.6. The predicted octanol–water partition coefficient (Wildman–Crippen LogP) is 1.39. The molecule has 0 radical (unpaired) electrons. The van der Waals surface area contributed by atoms with Gasteiger partial charge >= 0.3 is 0 Å². The number of hydrogen-bond acceptors (Lipinski definition) is 11. The molecule has 0 amide bonds. The van der Waals surface area contributed by atoms with Crippen molar-refractivity contribution in [3.05, 3.63) is 0 Å². The van der Waals surface area contributed by atoms with Gasteiger partial charge < -0.3 is 4.55 Å². The molecule has 4 saturated carbocycles. The Hall–Kier alpha value is 0.373. The molecule has 4 aliphatic carbocycles. The van der Waals surface area contributed by atoms with Crippen LogP contribution >= 0.6 is 0 Å². The first kappa shape index (κ1) is 32.6. The topological polar surface area (TPSA) is 146 Å². The Balaban J connectivity index is 0.00000300. The van der Waals surface area contributed by atoms with E-state index < -0.39 is 11.4 Å². The van der Waals surface area contributed by atoms with Crippen LogP contribution in [0.1, 0.15) is 96.3 Å². The quantitative estimate of drug-likeness (QED) is 0.157. The summed E-state index contributed by atoms with van der Waals surface area (Å²) in [7, 11) is 0. The van der Waals surface area contributed by atoms with Crippen molar-refractivity contribution in [3.63, 3.8) is 0 Å². The van der Waals surface area contributed by atoms with Crippen molar-refractivity contribution in [1.29, 1.82) is 0 Å². The summed E-state index contributed by atoms with van der Waals surface area (Å²) in [6.45, 7) is 0. The SMILES string of the molecule is O=S([O-])OC1CCCC2C3NC4NC(NC5NC(NC6NC(NC(N3)C12)C1CCCCC61)C1CCCCC51)C1CCCCC41.[Zn]. The maximum atomic E-state index is 11.8. The van der Waals surface area contributed by atoms with Crippen LogP contribution in [0.5, 0.6) is 0 Å². The molecule has 9 aliphatic rings. The molecule has 9 fully saturated rings. The third kappa shape index (κ3) is 5.99. The third-order valence-corrected chi connectivity index (χ3v) is 14.4. The van der Waals surface area contributed by atoms with Gasteiger partial charge in [-0.15, -0.1) is 0 Å². The van der Waals surface area contributed by atoms with Gasteiger partial charge in [0.2, 0.25) is 0 Å². The Kier molecular flexibility index (Phi) is 9.84. The Bertz CT molecular complexity index is 1080. The Morgan fingerprint density at radius 2 is 0.711 bits per heavy atom. The monoisotopic (exact) mass is 695 g/mol. The van der Waals surface area contributed by atoms with Gasteiger partial charge in [0, 0.05) is 25.4 Å². The minimum absolute atomic E-state index is 0. The summed E-state index contributed by atoms with van der Waals surface area (Å²) in [4.78, 5) is 0. The molecule has 0 aromatic rings. The minimum atomic E-state index is -2.51. The normalized spacial score (nSPS) is 54.6. The van der Waals surface area contributed by atoms with Crippen molar-refractivity contribution < 1.29 is 32.4 Å². The van der Waals surface area contributed by atoms with E-state index in [0.29, 0.717) is 59.9 Å². The van der Waals surface area contributed by atoms with Crippen LogP contribution in [0.15, 0.2) is 0 Å². The number of fused-ring (bicyclic) bond motifs is 20. The van der Waals surface area contributed by atoms with E-state index in [9.17, 15) is 8.76 Å². The molecule has 5 aliphatic heterocycles. The van der Waals surface area contributed by atoms with E-state index in [2.05, 4.69) is 42.5 Å². The van der Waals surface area contributed by atoms with E-state index in [4.69, 9.17) is 4.18 Å². The summed E-state index contributed by atoms with van der Waals surface area (Å²) in [5.41, 5.74) is 0. The van der Waals surface area contributed by atoms with Crippen LogP contribution < -0.4 is 42.5 Å². The summed E-state index contributed by atoms with van der Waals surface area (Å²) in [6.07, 6.45) is 20.0. The van der Waals surface area contributed by atoms with Gasteiger partial charge in [-0.2, -0.15) is 0 Å². The molecule has 18 unspecified atom stereocenters. The summed E-state index contributed by atoms with van der Waals surface area (Å²) in [6, 6.07) is 0. The zero-order valence-electron chi connectivity index (χ0n) is 26.8. The third-order valence-electron chi connectivity index (χ3n) is 14.0. The summed E-state index contributed by atoms with van der Waals surface area (Å²) in [5, 5.41) is 32.9.